The van der Waals surface area contributed by atoms with Crippen LogP contribution in [0.1, 0.15) is 47.0 Å². The summed E-state index contributed by atoms with van der Waals surface area (Å²) in [6.07, 6.45) is 0.402. The molecule has 0 aromatic heterocycles. The Kier molecular flexibility index (Phi) is 4.78. The van der Waals surface area contributed by atoms with E-state index in [0.29, 0.717) is 10.3 Å². The first-order valence-electron chi connectivity index (χ1n) is 5.96. The molecule has 0 saturated carbocycles. The molecule has 0 radical (unpaired) electrons. The van der Waals surface area contributed by atoms with Gasteiger partial charge in [-0.15, -0.1) is 5.06 Å². The molecule has 0 bridgehead atoms. The van der Waals surface area contributed by atoms with E-state index in [1.165, 1.54) is 0 Å². The number of nitrogens with zero attached hydrogens (tertiary/aromatic N) is 1. The van der Waals surface area contributed by atoms with Crippen molar-refractivity contribution in [3.8, 4) is 0 Å². The summed E-state index contributed by atoms with van der Waals surface area (Å²) < 4.78 is -0.281. The molecule has 0 atom stereocenters. The summed E-state index contributed by atoms with van der Waals surface area (Å²) in [5.41, 5.74) is 0. The Hall–Kier alpha value is -1.04. The van der Waals surface area contributed by atoms with E-state index in [1.807, 2.05) is 27.7 Å². The highest BCUT2D eigenvalue weighted by Crippen LogP contribution is 2.32. The van der Waals surface area contributed by atoms with Gasteiger partial charge in [-0.3, -0.25) is 9.59 Å². The maximum absolute atomic E-state index is 11.7. The SMILES string of the molecule is CC(C)SC(C)(C)CC(=O)ON1C(=O)CCC1=O. The summed E-state index contributed by atoms with van der Waals surface area (Å²) in [6, 6.07) is 0. The zero-order valence-electron chi connectivity index (χ0n) is 11.2. The van der Waals surface area contributed by atoms with Gasteiger partial charge in [-0.2, -0.15) is 11.8 Å². The van der Waals surface area contributed by atoms with Gasteiger partial charge in [0.2, 0.25) is 0 Å². The average Bonchev–Trinajstić information content (AvgIpc) is 2.46. The molecular formula is C12H19NO4S. The lowest BCUT2D eigenvalue weighted by molar-refractivity contribution is -0.197. The maximum atomic E-state index is 11.7. The van der Waals surface area contributed by atoms with Crippen molar-refractivity contribution in [3.05, 3.63) is 0 Å². The molecule has 0 aromatic carbocycles. The first-order chi connectivity index (χ1) is 8.21. The van der Waals surface area contributed by atoms with Gasteiger partial charge < -0.3 is 4.84 Å². The second kappa shape index (κ2) is 5.73. The number of hydrogen-bond acceptors (Lipinski definition) is 5. The highest BCUT2D eigenvalue weighted by molar-refractivity contribution is 8.01. The number of imide groups is 1. The predicted octanol–water partition coefficient (Wildman–Crippen LogP) is 1.90. The standard InChI is InChI=1S/C12H19NO4S/c1-8(2)18-12(3,4)7-11(16)17-13-9(14)5-6-10(13)15/h8H,5-7H2,1-4H3. The van der Waals surface area contributed by atoms with E-state index >= 15 is 0 Å². The first-order valence-corrected chi connectivity index (χ1v) is 6.83. The Morgan fingerprint density at radius 2 is 1.83 bits per heavy atom. The molecule has 6 heteroatoms. The number of rotatable bonds is 5. The van der Waals surface area contributed by atoms with E-state index in [4.69, 9.17) is 4.84 Å². The van der Waals surface area contributed by atoms with Gasteiger partial charge in [0.15, 0.2) is 0 Å². The van der Waals surface area contributed by atoms with Gasteiger partial charge >= 0.3 is 5.97 Å². The lowest BCUT2D eigenvalue weighted by Crippen LogP contribution is -2.34. The Morgan fingerprint density at radius 3 is 2.28 bits per heavy atom. The number of amides is 2. The molecule has 1 rings (SSSR count). The van der Waals surface area contributed by atoms with Crippen LogP contribution in [-0.4, -0.2) is 32.8 Å². The molecule has 0 aliphatic carbocycles. The third kappa shape index (κ3) is 4.33. The van der Waals surface area contributed by atoms with Crippen LogP contribution in [0.4, 0.5) is 0 Å². The smallest absolute Gasteiger partial charge is 0.330 e. The van der Waals surface area contributed by atoms with E-state index in [0.717, 1.165) is 0 Å². The van der Waals surface area contributed by atoms with Crippen LogP contribution in [0, 0.1) is 0 Å². The van der Waals surface area contributed by atoms with Gasteiger partial charge in [-0.1, -0.05) is 27.7 Å². The molecule has 2 amide bonds. The number of thioether (sulfide) groups is 1. The van der Waals surface area contributed by atoms with E-state index in [1.54, 1.807) is 11.8 Å². The van der Waals surface area contributed by atoms with Crippen LogP contribution in [-0.2, 0) is 19.2 Å². The minimum absolute atomic E-state index is 0.121. The fourth-order valence-electron chi connectivity index (χ4n) is 1.82. The molecule has 0 unspecified atom stereocenters. The molecule has 1 aliphatic heterocycles. The summed E-state index contributed by atoms with van der Waals surface area (Å²) in [7, 11) is 0. The third-order valence-electron chi connectivity index (χ3n) is 2.32. The number of hydrogen-bond donors (Lipinski definition) is 0. The van der Waals surface area contributed by atoms with Gasteiger partial charge in [-0.05, 0) is 5.25 Å². The van der Waals surface area contributed by atoms with E-state index < -0.39 is 17.8 Å². The van der Waals surface area contributed by atoms with Crippen LogP contribution in [0.5, 0.6) is 0 Å². The predicted molar refractivity (Wildman–Crippen MR) is 68.6 cm³/mol. The first kappa shape index (κ1) is 15.0. The van der Waals surface area contributed by atoms with Crippen LogP contribution in [0.2, 0.25) is 0 Å². The van der Waals surface area contributed by atoms with Crippen LogP contribution < -0.4 is 0 Å². The molecular weight excluding hydrogens is 254 g/mol. The van der Waals surface area contributed by atoms with Crippen molar-refractivity contribution in [3.63, 3.8) is 0 Å². The van der Waals surface area contributed by atoms with Crippen LogP contribution in [0.15, 0.2) is 0 Å². The summed E-state index contributed by atoms with van der Waals surface area (Å²) in [5.74, 6) is -1.43. The second-order valence-corrected chi connectivity index (χ2v) is 7.43. The molecule has 18 heavy (non-hydrogen) atoms. The van der Waals surface area contributed by atoms with Gasteiger partial charge in [0.05, 0.1) is 6.42 Å². The maximum Gasteiger partial charge on any atom is 0.334 e. The van der Waals surface area contributed by atoms with Crippen molar-refractivity contribution in [2.75, 3.05) is 0 Å². The van der Waals surface area contributed by atoms with Crippen molar-refractivity contribution >= 4 is 29.5 Å². The largest absolute Gasteiger partial charge is 0.334 e. The van der Waals surface area contributed by atoms with Crippen molar-refractivity contribution in [2.24, 2.45) is 0 Å². The van der Waals surface area contributed by atoms with Crippen LogP contribution in [0.3, 0.4) is 0 Å². The normalized spacial score (nSPS) is 16.6. The Labute approximate surface area is 111 Å². The summed E-state index contributed by atoms with van der Waals surface area (Å²) >= 11 is 1.66. The monoisotopic (exact) mass is 273 g/mol. The van der Waals surface area contributed by atoms with E-state index in [2.05, 4.69) is 0 Å². The Morgan fingerprint density at radius 1 is 1.33 bits per heavy atom. The van der Waals surface area contributed by atoms with Crippen LogP contribution in [0.25, 0.3) is 0 Å². The summed E-state index contributed by atoms with van der Waals surface area (Å²) in [5, 5.41) is 0.987. The van der Waals surface area contributed by atoms with Gasteiger partial charge in [0.25, 0.3) is 11.8 Å². The topological polar surface area (TPSA) is 63.7 Å². The minimum Gasteiger partial charge on any atom is -0.330 e. The highest BCUT2D eigenvalue weighted by Gasteiger charge is 2.34. The number of hydroxylamine groups is 2. The van der Waals surface area contributed by atoms with Crippen molar-refractivity contribution in [2.45, 2.75) is 57.0 Å². The zero-order chi connectivity index (χ0) is 13.9. The average molecular weight is 273 g/mol. The van der Waals surface area contributed by atoms with E-state index in [9.17, 15) is 14.4 Å². The number of carbonyl (C=O) groups is 3. The molecule has 0 aromatic rings. The molecule has 1 heterocycles. The molecule has 0 spiro atoms. The van der Waals surface area contributed by atoms with Crippen molar-refractivity contribution in [1.29, 1.82) is 0 Å². The fraction of sp³-hybridized carbons (Fsp3) is 0.750. The quantitative estimate of drug-likeness (QED) is 0.716. The summed E-state index contributed by atoms with van der Waals surface area (Å²) in [4.78, 5) is 39.1. The molecule has 1 saturated heterocycles. The lowest BCUT2D eigenvalue weighted by atomic mass is 10.1. The fourth-order valence-corrected chi connectivity index (χ4v) is 3.30. The van der Waals surface area contributed by atoms with Gasteiger partial charge in [-0.25, -0.2) is 4.79 Å². The third-order valence-corrected chi connectivity index (χ3v) is 3.58. The second-order valence-electron chi connectivity index (χ2n) is 5.15. The van der Waals surface area contributed by atoms with Crippen molar-refractivity contribution in [1.82, 2.24) is 5.06 Å². The van der Waals surface area contributed by atoms with Crippen LogP contribution >= 0.6 is 11.8 Å². The van der Waals surface area contributed by atoms with Gasteiger partial charge in [0.1, 0.15) is 0 Å². The molecule has 102 valence electrons. The zero-order valence-corrected chi connectivity index (χ0v) is 12.0. The van der Waals surface area contributed by atoms with Gasteiger partial charge in [0, 0.05) is 17.6 Å². The lowest BCUT2D eigenvalue weighted by Gasteiger charge is -2.25. The molecule has 1 aliphatic rings. The molecule has 1 fully saturated rings. The highest BCUT2D eigenvalue weighted by atomic mass is 32.2. The minimum atomic E-state index is -0.545. The Bertz CT molecular complexity index is 349. The molecule has 0 N–H and O–H groups in total. The number of carbonyl (C=O) groups excluding carboxylic acids is 3. The summed E-state index contributed by atoms with van der Waals surface area (Å²) in [6.45, 7) is 7.97. The van der Waals surface area contributed by atoms with Crippen molar-refractivity contribution < 1.29 is 19.2 Å². The van der Waals surface area contributed by atoms with E-state index in [-0.39, 0.29) is 24.0 Å². The Balaban J connectivity index is 2.51. The molecule has 5 nitrogen and oxygen atoms in total.